The van der Waals surface area contributed by atoms with Crippen molar-refractivity contribution in [1.29, 1.82) is 5.41 Å². The standard InChI is InChI=1S/C21H17Cl2N3S/c1-13-10-15(14-5-6-16(22)17(23)11-14)12-18(25-13)19-7-8-21(27-19)26-9-3-2-4-20(26)24/h2-3,5-8,10-12,24H,4,9H2,1H3. The van der Waals surface area contributed by atoms with Gasteiger partial charge >= 0.3 is 0 Å². The van der Waals surface area contributed by atoms with E-state index < -0.39 is 0 Å². The lowest BCUT2D eigenvalue weighted by molar-refractivity contribution is 1.06. The SMILES string of the molecule is Cc1cc(-c2ccc(Cl)c(Cl)c2)cc(-c2ccc(N3CC=CCC3=N)s2)n1. The largest absolute Gasteiger partial charge is 0.318 e. The summed E-state index contributed by atoms with van der Waals surface area (Å²) in [5.41, 5.74) is 3.93. The minimum atomic E-state index is 0.542. The van der Waals surface area contributed by atoms with Crippen LogP contribution in [0.4, 0.5) is 5.00 Å². The number of hydrogen-bond acceptors (Lipinski definition) is 3. The van der Waals surface area contributed by atoms with Crippen molar-refractivity contribution in [2.24, 2.45) is 0 Å². The number of rotatable bonds is 3. The van der Waals surface area contributed by atoms with Gasteiger partial charge in [-0.15, -0.1) is 11.3 Å². The number of benzene rings is 1. The van der Waals surface area contributed by atoms with E-state index in [0.29, 0.717) is 22.3 Å². The minimum absolute atomic E-state index is 0.542. The summed E-state index contributed by atoms with van der Waals surface area (Å²) >= 11 is 13.9. The molecule has 0 unspecified atom stereocenters. The molecule has 1 aromatic carbocycles. The molecule has 0 spiro atoms. The minimum Gasteiger partial charge on any atom is -0.318 e. The first-order valence-corrected chi connectivity index (χ1v) is 10.1. The summed E-state index contributed by atoms with van der Waals surface area (Å²) in [6.45, 7) is 2.73. The fourth-order valence-electron chi connectivity index (χ4n) is 3.07. The molecule has 3 aromatic rings. The molecule has 0 saturated heterocycles. The van der Waals surface area contributed by atoms with Crippen molar-refractivity contribution in [1.82, 2.24) is 4.98 Å². The molecule has 1 aliphatic heterocycles. The van der Waals surface area contributed by atoms with Gasteiger partial charge < -0.3 is 4.90 Å². The second kappa shape index (κ2) is 7.47. The van der Waals surface area contributed by atoms with Crippen LogP contribution in [0.5, 0.6) is 0 Å². The summed E-state index contributed by atoms with van der Waals surface area (Å²) in [4.78, 5) is 7.82. The van der Waals surface area contributed by atoms with Crippen LogP contribution in [0.3, 0.4) is 0 Å². The zero-order chi connectivity index (χ0) is 19.0. The van der Waals surface area contributed by atoms with Crippen molar-refractivity contribution in [2.45, 2.75) is 13.3 Å². The predicted octanol–water partition coefficient (Wildman–Crippen LogP) is 6.84. The molecule has 1 aliphatic rings. The number of nitrogens with one attached hydrogen (secondary N) is 1. The molecule has 27 heavy (non-hydrogen) atoms. The van der Waals surface area contributed by atoms with Gasteiger partial charge in [-0.3, -0.25) is 10.4 Å². The van der Waals surface area contributed by atoms with E-state index in [-0.39, 0.29) is 0 Å². The highest BCUT2D eigenvalue weighted by molar-refractivity contribution is 7.19. The van der Waals surface area contributed by atoms with Crippen LogP contribution in [-0.2, 0) is 0 Å². The molecule has 0 atom stereocenters. The Kier molecular flexibility index (Phi) is 5.04. The van der Waals surface area contributed by atoms with Crippen molar-refractivity contribution in [3.05, 3.63) is 70.4 Å². The third kappa shape index (κ3) is 3.79. The number of halogens is 2. The van der Waals surface area contributed by atoms with Crippen molar-refractivity contribution in [3.63, 3.8) is 0 Å². The number of amidine groups is 1. The van der Waals surface area contributed by atoms with Gasteiger partial charge in [0.05, 0.1) is 25.6 Å². The van der Waals surface area contributed by atoms with E-state index in [2.05, 4.69) is 24.3 Å². The second-order valence-electron chi connectivity index (χ2n) is 6.38. The van der Waals surface area contributed by atoms with E-state index in [1.54, 1.807) is 11.3 Å². The highest BCUT2D eigenvalue weighted by Gasteiger charge is 2.16. The Morgan fingerprint density at radius 2 is 1.85 bits per heavy atom. The van der Waals surface area contributed by atoms with Crippen molar-refractivity contribution in [3.8, 4) is 21.7 Å². The van der Waals surface area contributed by atoms with Crippen LogP contribution >= 0.6 is 34.5 Å². The maximum absolute atomic E-state index is 8.16. The van der Waals surface area contributed by atoms with Gasteiger partial charge in [0, 0.05) is 18.7 Å². The third-order valence-corrected chi connectivity index (χ3v) is 6.28. The molecular weight excluding hydrogens is 397 g/mol. The highest BCUT2D eigenvalue weighted by atomic mass is 35.5. The zero-order valence-corrected chi connectivity index (χ0v) is 17.0. The van der Waals surface area contributed by atoms with Crippen LogP contribution in [0.25, 0.3) is 21.7 Å². The lowest BCUT2D eigenvalue weighted by Gasteiger charge is -2.24. The quantitative estimate of drug-likeness (QED) is 0.477. The van der Waals surface area contributed by atoms with Crippen LogP contribution in [0.15, 0.2) is 54.6 Å². The summed E-state index contributed by atoms with van der Waals surface area (Å²) in [5.74, 6) is 0.625. The number of aromatic nitrogens is 1. The Morgan fingerprint density at radius 1 is 1.00 bits per heavy atom. The van der Waals surface area contributed by atoms with Crippen molar-refractivity contribution < 1.29 is 0 Å². The summed E-state index contributed by atoms with van der Waals surface area (Å²) in [6.07, 6.45) is 4.82. The van der Waals surface area contributed by atoms with Crippen LogP contribution < -0.4 is 4.90 Å². The molecule has 0 bridgehead atoms. The van der Waals surface area contributed by atoms with E-state index >= 15 is 0 Å². The Bertz CT molecular complexity index is 1060. The average molecular weight is 414 g/mol. The molecule has 0 fully saturated rings. The lowest BCUT2D eigenvalue weighted by atomic mass is 10.0. The number of pyridine rings is 1. The fourth-order valence-corrected chi connectivity index (χ4v) is 4.37. The first kappa shape index (κ1) is 18.2. The van der Waals surface area contributed by atoms with Gasteiger partial charge in [0.1, 0.15) is 5.84 Å². The first-order chi connectivity index (χ1) is 13.0. The van der Waals surface area contributed by atoms with Crippen LogP contribution in [-0.4, -0.2) is 17.4 Å². The molecule has 2 aromatic heterocycles. The summed E-state index contributed by atoms with van der Waals surface area (Å²) in [5, 5.41) is 10.3. The van der Waals surface area contributed by atoms with E-state index in [1.807, 2.05) is 42.2 Å². The van der Waals surface area contributed by atoms with Crippen molar-refractivity contribution in [2.75, 3.05) is 11.4 Å². The number of aryl methyl sites for hydroxylation is 1. The Morgan fingerprint density at radius 3 is 2.63 bits per heavy atom. The molecule has 1 N–H and O–H groups in total. The summed E-state index contributed by atoms with van der Waals surface area (Å²) in [7, 11) is 0. The zero-order valence-electron chi connectivity index (χ0n) is 14.7. The number of hydrogen-bond donors (Lipinski definition) is 1. The van der Waals surface area contributed by atoms with Gasteiger partial charge in [0.2, 0.25) is 0 Å². The monoisotopic (exact) mass is 413 g/mol. The van der Waals surface area contributed by atoms with Gasteiger partial charge in [-0.1, -0.05) is 41.4 Å². The third-order valence-electron chi connectivity index (χ3n) is 4.41. The lowest BCUT2D eigenvalue weighted by Crippen LogP contribution is -2.31. The maximum atomic E-state index is 8.16. The average Bonchev–Trinajstić information content (AvgIpc) is 3.14. The van der Waals surface area contributed by atoms with E-state index in [9.17, 15) is 0 Å². The highest BCUT2D eigenvalue weighted by Crippen LogP contribution is 2.36. The second-order valence-corrected chi connectivity index (χ2v) is 8.26. The van der Waals surface area contributed by atoms with E-state index in [4.69, 9.17) is 33.6 Å². The molecule has 3 nitrogen and oxygen atoms in total. The molecule has 0 radical (unpaired) electrons. The Labute approximate surface area is 172 Å². The molecule has 3 heterocycles. The van der Waals surface area contributed by atoms with E-state index in [1.165, 1.54) is 0 Å². The van der Waals surface area contributed by atoms with E-state index in [0.717, 1.165) is 38.9 Å². The Hall–Kier alpha value is -2.14. The number of nitrogens with zero attached hydrogens (tertiary/aromatic N) is 2. The number of thiophene rings is 1. The van der Waals surface area contributed by atoms with Gasteiger partial charge in [0.15, 0.2) is 0 Å². The van der Waals surface area contributed by atoms with Gasteiger partial charge in [-0.2, -0.15) is 0 Å². The Balaban J connectivity index is 1.70. The normalized spacial score (nSPS) is 14.0. The van der Waals surface area contributed by atoms with Crippen LogP contribution in [0.1, 0.15) is 12.1 Å². The number of anilines is 1. The summed E-state index contributed by atoms with van der Waals surface area (Å²) < 4.78 is 0. The summed E-state index contributed by atoms with van der Waals surface area (Å²) in [6, 6.07) is 13.9. The van der Waals surface area contributed by atoms with Crippen LogP contribution in [0, 0.1) is 12.3 Å². The fraction of sp³-hybridized carbons (Fsp3) is 0.143. The smallest absolute Gasteiger partial charge is 0.105 e. The molecule has 0 amide bonds. The first-order valence-electron chi connectivity index (χ1n) is 8.55. The van der Waals surface area contributed by atoms with Gasteiger partial charge in [-0.25, -0.2) is 0 Å². The molecule has 4 rings (SSSR count). The molecule has 0 aliphatic carbocycles. The van der Waals surface area contributed by atoms with Gasteiger partial charge in [0.25, 0.3) is 0 Å². The van der Waals surface area contributed by atoms with Gasteiger partial charge in [-0.05, 0) is 54.4 Å². The molecular formula is C21H17Cl2N3S. The molecule has 136 valence electrons. The molecule has 0 saturated carbocycles. The predicted molar refractivity (Wildman–Crippen MR) is 117 cm³/mol. The van der Waals surface area contributed by atoms with Crippen molar-refractivity contribution >= 4 is 45.4 Å². The topological polar surface area (TPSA) is 40.0 Å². The van der Waals surface area contributed by atoms with Crippen LogP contribution in [0.2, 0.25) is 10.0 Å². The molecule has 6 heteroatoms. The maximum Gasteiger partial charge on any atom is 0.105 e.